The minimum atomic E-state index is -0.301. The van der Waals surface area contributed by atoms with E-state index < -0.39 is 0 Å². The Kier molecular flexibility index (Phi) is 6.00. The van der Waals surface area contributed by atoms with Gasteiger partial charge >= 0.3 is 0 Å². The average molecular weight is 295 g/mol. The summed E-state index contributed by atoms with van der Waals surface area (Å²) < 4.78 is 25.4. The molecular weight excluding hydrogens is 269 g/mol. The van der Waals surface area contributed by atoms with Crippen molar-refractivity contribution < 1.29 is 13.9 Å². The largest absolute Gasteiger partial charge is 0.487 e. The van der Waals surface area contributed by atoms with Crippen molar-refractivity contribution in [1.29, 1.82) is 0 Å². The lowest BCUT2D eigenvalue weighted by Crippen LogP contribution is -2.21. The van der Waals surface area contributed by atoms with Crippen LogP contribution in [0.3, 0.4) is 0 Å². The van der Waals surface area contributed by atoms with E-state index in [1.165, 1.54) is 6.07 Å². The second-order valence-electron chi connectivity index (χ2n) is 6.21. The van der Waals surface area contributed by atoms with E-state index in [9.17, 15) is 4.39 Å². The van der Waals surface area contributed by atoms with Gasteiger partial charge < -0.3 is 14.8 Å². The summed E-state index contributed by atoms with van der Waals surface area (Å²) in [5.74, 6) is 0.623. The molecule has 0 aromatic heterocycles. The Labute approximate surface area is 126 Å². The lowest BCUT2D eigenvalue weighted by atomic mass is 10.1. The fraction of sp³-hybridized carbons (Fsp3) is 0.647. The van der Waals surface area contributed by atoms with Crippen molar-refractivity contribution in [1.82, 2.24) is 5.32 Å². The number of para-hydroxylation sites is 1. The van der Waals surface area contributed by atoms with E-state index in [1.54, 1.807) is 6.07 Å². The zero-order chi connectivity index (χ0) is 15.2. The highest BCUT2D eigenvalue weighted by atomic mass is 19.1. The Bertz CT molecular complexity index is 450. The molecule has 0 amide bonds. The van der Waals surface area contributed by atoms with Crippen molar-refractivity contribution in [3.05, 3.63) is 29.6 Å². The number of hydrogen-bond acceptors (Lipinski definition) is 3. The lowest BCUT2D eigenvalue weighted by Gasteiger charge is -2.16. The van der Waals surface area contributed by atoms with Gasteiger partial charge in [0.15, 0.2) is 11.6 Å². The molecule has 118 valence electrons. The molecule has 1 saturated heterocycles. The van der Waals surface area contributed by atoms with Crippen LogP contribution in [0.25, 0.3) is 0 Å². The van der Waals surface area contributed by atoms with Crippen molar-refractivity contribution >= 4 is 0 Å². The van der Waals surface area contributed by atoms with Gasteiger partial charge in [-0.3, -0.25) is 0 Å². The molecule has 0 aliphatic carbocycles. The monoisotopic (exact) mass is 295 g/mol. The van der Waals surface area contributed by atoms with Gasteiger partial charge in [-0.05, 0) is 38.3 Å². The summed E-state index contributed by atoms with van der Waals surface area (Å²) >= 11 is 0. The summed E-state index contributed by atoms with van der Waals surface area (Å²) in [4.78, 5) is 0. The Hall–Kier alpha value is -1.13. The Morgan fingerprint density at radius 3 is 2.86 bits per heavy atom. The Balaban J connectivity index is 1.93. The van der Waals surface area contributed by atoms with Gasteiger partial charge in [0.05, 0.1) is 12.2 Å². The van der Waals surface area contributed by atoms with Crippen LogP contribution >= 0.6 is 0 Å². The van der Waals surface area contributed by atoms with E-state index in [2.05, 4.69) is 26.1 Å². The third-order valence-electron chi connectivity index (χ3n) is 3.65. The summed E-state index contributed by atoms with van der Waals surface area (Å²) in [6.07, 6.45) is 2.40. The standard InChI is InChI=1S/C17H26FNO2/c1-12(2)9-19-10-14-5-4-6-16(18)17(14)20-11-15-8-7-13(3)21-15/h4-6,12-13,15,19H,7-11H2,1-3H3. The molecule has 1 aliphatic rings. The molecule has 4 heteroatoms. The van der Waals surface area contributed by atoms with Crippen LogP contribution in [0, 0.1) is 11.7 Å². The van der Waals surface area contributed by atoms with Crippen LogP contribution in [0.1, 0.15) is 39.2 Å². The second kappa shape index (κ2) is 7.76. The van der Waals surface area contributed by atoms with Gasteiger partial charge in [-0.25, -0.2) is 4.39 Å². The minimum Gasteiger partial charge on any atom is -0.487 e. The van der Waals surface area contributed by atoms with E-state index in [4.69, 9.17) is 9.47 Å². The van der Waals surface area contributed by atoms with Gasteiger partial charge in [0.25, 0.3) is 0 Å². The molecule has 1 aromatic carbocycles. The normalized spacial score (nSPS) is 22.0. The van der Waals surface area contributed by atoms with E-state index >= 15 is 0 Å². The Morgan fingerprint density at radius 2 is 2.19 bits per heavy atom. The number of rotatable bonds is 7. The van der Waals surface area contributed by atoms with Crippen LogP contribution in [0.2, 0.25) is 0 Å². The highest BCUT2D eigenvalue weighted by Gasteiger charge is 2.23. The number of benzene rings is 1. The summed E-state index contributed by atoms with van der Waals surface area (Å²) in [7, 11) is 0. The lowest BCUT2D eigenvalue weighted by molar-refractivity contribution is 0.0254. The maximum Gasteiger partial charge on any atom is 0.165 e. The fourth-order valence-electron chi connectivity index (χ4n) is 2.53. The predicted octanol–water partition coefficient (Wildman–Crippen LogP) is 3.52. The molecule has 2 atom stereocenters. The quantitative estimate of drug-likeness (QED) is 0.835. The van der Waals surface area contributed by atoms with E-state index in [0.717, 1.165) is 24.9 Å². The first kappa shape index (κ1) is 16.2. The number of halogens is 1. The van der Waals surface area contributed by atoms with Crippen molar-refractivity contribution in [2.75, 3.05) is 13.2 Å². The first-order valence-corrected chi connectivity index (χ1v) is 7.82. The smallest absolute Gasteiger partial charge is 0.165 e. The molecule has 0 saturated carbocycles. The third kappa shape index (κ3) is 4.97. The highest BCUT2D eigenvalue weighted by Crippen LogP contribution is 2.25. The fourth-order valence-corrected chi connectivity index (χ4v) is 2.53. The maximum absolute atomic E-state index is 14.0. The molecule has 0 bridgehead atoms. The van der Waals surface area contributed by atoms with Crippen LogP contribution in [0.5, 0.6) is 5.75 Å². The first-order chi connectivity index (χ1) is 10.1. The Morgan fingerprint density at radius 1 is 1.38 bits per heavy atom. The first-order valence-electron chi connectivity index (χ1n) is 7.82. The predicted molar refractivity (Wildman–Crippen MR) is 82.0 cm³/mol. The number of hydrogen-bond donors (Lipinski definition) is 1. The van der Waals surface area contributed by atoms with Gasteiger partial charge in [0, 0.05) is 12.1 Å². The molecule has 0 radical (unpaired) electrons. The summed E-state index contributed by atoms with van der Waals surface area (Å²) in [5, 5.41) is 3.33. The van der Waals surface area contributed by atoms with Crippen molar-refractivity contribution in [2.24, 2.45) is 5.92 Å². The number of ether oxygens (including phenoxy) is 2. The maximum atomic E-state index is 14.0. The van der Waals surface area contributed by atoms with Crippen LogP contribution in [0.15, 0.2) is 18.2 Å². The molecule has 3 nitrogen and oxygen atoms in total. The number of nitrogens with one attached hydrogen (secondary N) is 1. The topological polar surface area (TPSA) is 30.5 Å². The zero-order valence-electron chi connectivity index (χ0n) is 13.2. The molecule has 0 spiro atoms. The van der Waals surface area contributed by atoms with Crippen molar-refractivity contribution in [3.8, 4) is 5.75 Å². The van der Waals surface area contributed by atoms with Crippen molar-refractivity contribution in [3.63, 3.8) is 0 Å². The zero-order valence-corrected chi connectivity index (χ0v) is 13.2. The van der Waals surface area contributed by atoms with Gasteiger partial charge in [0.2, 0.25) is 0 Å². The van der Waals surface area contributed by atoms with E-state index in [-0.39, 0.29) is 18.0 Å². The molecule has 1 aromatic rings. The summed E-state index contributed by atoms with van der Waals surface area (Å²) in [6.45, 7) is 8.29. The van der Waals surface area contributed by atoms with Crippen LogP contribution in [-0.4, -0.2) is 25.4 Å². The highest BCUT2D eigenvalue weighted by molar-refractivity contribution is 5.35. The van der Waals surface area contributed by atoms with Gasteiger partial charge in [-0.2, -0.15) is 0 Å². The van der Waals surface area contributed by atoms with Crippen LogP contribution in [0.4, 0.5) is 4.39 Å². The minimum absolute atomic E-state index is 0.0797. The van der Waals surface area contributed by atoms with Gasteiger partial charge in [0.1, 0.15) is 6.61 Å². The van der Waals surface area contributed by atoms with Crippen LogP contribution < -0.4 is 10.1 Å². The van der Waals surface area contributed by atoms with Crippen molar-refractivity contribution in [2.45, 2.75) is 52.4 Å². The van der Waals surface area contributed by atoms with Gasteiger partial charge in [-0.15, -0.1) is 0 Å². The molecule has 1 aliphatic heterocycles. The molecule has 21 heavy (non-hydrogen) atoms. The second-order valence-corrected chi connectivity index (χ2v) is 6.21. The van der Waals surface area contributed by atoms with Gasteiger partial charge in [-0.1, -0.05) is 26.0 Å². The molecule has 1 heterocycles. The summed E-state index contributed by atoms with van der Waals surface area (Å²) in [6, 6.07) is 5.08. The summed E-state index contributed by atoms with van der Waals surface area (Å²) in [5.41, 5.74) is 0.863. The molecule has 1 fully saturated rings. The molecule has 2 rings (SSSR count). The molecular formula is C17H26FNO2. The molecule has 1 N–H and O–H groups in total. The SMILES string of the molecule is CC(C)CNCc1cccc(F)c1OCC1CCC(C)O1. The van der Waals surface area contributed by atoms with E-state index in [1.807, 2.05) is 6.07 Å². The third-order valence-corrected chi connectivity index (χ3v) is 3.65. The van der Waals surface area contributed by atoms with E-state index in [0.29, 0.717) is 24.8 Å². The molecule has 2 unspecified atom stereocenters. The van der Waals surface area contributed by atoms with Crippen LogP contribution in [-0.2, 0) is 11.3 Å². The average Bonchev–Trinajstić information content (AvgIpc) is 2.83.